The molecular weight excluding hydrogens is 321 g/mol. The molecular formula is C19H22FN3O2. The van der Waals surface area contributed by atoms with E-state index < -0.39 is 5.82 Å². The highest BCUT2D eigenvalue weighted by molar-refractivity contribution is 5.94. The minimum Gasteiger partial charge on any atom is -0.494 e. The van der Waals surface area contributed by atoms with Crippen molar-refractivity contribution in [3.63, 3.8) is 0 Å². The van der Waals surface area contributed by atoms with Crippen LogP contribution >= 0.6 is 0 Å². The van der Waals surface area contributed by atoms with Gasteiger partial charge in [-0.1, -0.05) is 18.9 Å². The molecule has 1 aromatic heterocycles. The lowest BCUT2D eigenvalue weighted by Gasteiger charge is -2.26. The van der Waals surface area contributed by atoms with Crippen LogP contribution in [0.5, 0.6) is 5.75 Å². The van der Waals surface area contributed by atoms with Crippen molar-refractivity contribution < 1.29 is 13.9 Å². The Morgan fingerprint density at radius 1 is 1.32 bits per heavy atom. The van der Waals surface area contributed by atoms with E-state index in [1.807, 2.05) is 11.6 Å². The van der Waals surface area contributed by atoms with E-state index in [-0.39, 0.29) is 17.6 Å². The fraction of sp³-hybridized carbons (Fsp3) is 0.474. The average Bonchev–Trinajstić information content (AvgIpc) is 3.23. The van der Waals surface area contributed by atoms with Crippen LogP contribution < -0.4 is 10.1 Å². The van der Waals surface area contributed by atoms with Crippen molar-refractivity contribution in [2.24, 2.45) is 0 Å². The minimum atomic E-state index is -0.398. The predicted octanol–water partition coefficient (Wildman–Crippen LogP) is 3.93. The molecule has 4 rings (SSSR count). The summed E-state index contributed by atoms with van der Waals surface area (Å²) in [7, 11) is 1.45. The molecule has 0 radical (unpaired) electrons. The summed E-state index contributed by atoms with van der Waals surface area (Å²) in [6, 6.07) is 5.17. The van der Waals surface area contributed by atoms with Gasteiger partial charge < -0.3 is 10.1 Å². The molecule has 1 N–H and O–H groups in total. The van der Waals surface area contributed by atoms with Crippen LogP contribution in [0.2, 0.25) is 0 Å². The highest BCUT2D eigenvalue weighted by Gasteiger charge is 2.34. The van der Waals surface area contributed by atoms with Gasteiger partial charge in [0.25, 0.3) is 0 Å². The number of ether oxygens (including phenoxy) is 1. The Hall–Kier alpha value is -2.37. The molecule has 132 valence electrons. The Morgan fingerprint density at radius 2 is 2.08 bits per heavy atom. The van der Waals surface area contributed by atoms with E-state index in [1.54, 1.807) is 12.1 Å². The Balaban J connectivity index is 1.81. The van der Waals surface area contributed by atoms with Gasteiger partial charge in [0.2, 0.25) is 5.91 Å². The molecule has 0 spiro atoms. The van der Waals surface area contributed by atoms with E-state index in [2.05, 4.69) is 5.32 Å². The van der Waals surface area contributed by atoms with Crippen LogP contribution in [-0.2, 0) is 4.79 Å². The van der Waals surface area contributed by atoms with Gasteiger partial charge in [0, 0.05) is 17.9 Å². The van der Waals surface area contributed by atoms with Crippen LogP contribution in [0.25, 0.3) is 0 Å². The van der Waals surface area contributed by atoms with Crippen molar-refractivity contribution in [1.29, 1.82) is 0 Å². The van der Waals surface area contributed by atoms with Gasteiger partial charge in [-0.15, -0.1) is 0 Å². The summed E-state index contributed by atoms with van der Waals surface area (Å²) in [4.78, 5) is 12.3. The zero-order chi connectivity index (χ0) is 17.6. The summed E-state index contributed by atoms with van der Waals surface area (Å²) in [6.45, 7) is 1.98. The third kappa shape index (κ3) is 2.69. The summed E-state index contributed by atoms with van der Waals surface area (Å²) < 4.78 is 20.9. The van der Waals surface area contributed by atoms with Crippen molar-refractivity contribution in [2.45, 2.75) is 51.0 Å². The van der Waals surface area contributed by atoms with E-state index in [0.29, 0.717) is 12.5 Å². The zero-order valence-electron chi connectivity index (χ0n) is 14.5. The quantitative estimate of drug-likeness (QED) is 0.919. The number of amides is 1. The molecule has 1 saturated carbocycles. The third-order valence-electron chi connectivity index (χ3n) is 5.38. The van der Waals surface area contributed by atoms with Crippen molar-refractivity contribution in [3.8, 4) is 5.75 Å². The lowest BCUT2D eigenvalue weighted by Crippen LogP contribution is -2.26. The number of nitrogens with one attached hydrogen (secondary N) is 1. The standard InChI is InChI=1S/C19H22FN3O2/c1-11-18-14(12-7-8-15(20)16(9-12)25-2)10-17(24)21-19(18)23(22-11)13-5-3-4-6-13/h7-9,13-14H,3-6,10H2,1-2H3,(H,21,24). The Morgan fingerprint density at radius 3 is 2.80 bits per heavy atom. The lowest BCUT2D eigenvalue weighted by molar-refractivity contribution is -0.116. The molecule has 6 heteroatoms. The molecule has 1 amide bonds. The molecule has 2 aromatic rings. The van der Waals surface area contributed by atoms with Gasteiger partial charge in [0.15, 0.2) is 11.6 Å². The summed E-state index contributed by atoms with van der Waals surface area (Å²) >= 11 is 0. The van der Waals surface area contributed by atoms with Crippen LogP contribution in [0, 0.1) is 12.7 Å². The predicted molar refractivity (Wildman–Crippen MR) is 92.5 cm³/mol. The molecule has 0 bridgehead atoms. The first-order chi connectivity index (χ1) is 12.1. The topological polar surface area (TPSA) is 56.1 Å². The second kappa shape index (κ2) is 6.17. The number of benzene rings is 1. The summed E-state index contributed by atoms with van der Waals surface area (Å²) in [5, 5.41) is 7.76. The van der Waals surface area contributed by atoms with Gasteiger partial charge in [-0.3, -0.25) is 4.79 Å². The number of aryl methyl sites for hydroxylation is 1. The maximum atomic E-state index is 13.8. The fourth-order valence-electron chi connectivity index (χ4n) is 4.16. The van der Waals surface area contributed by atoms with Gasteiger partial charge in [0.1, 0.15) is 5.82 Å². The van der Waals surface area contributed by atoms with E-state index >= 15 is 0 Å². The highest BCUT2D eigenvalue weighted by atomic mass is 19.1. The second-order valence-corrected chi connectivity index (χ2v) is 6.93. The molecule has 2 heterocycles. The van der Waals surface area contributed by atoms with E-state index in [0.717, 1.165) is 35.5 Å². The maximum absolute atomic E-state index is 13.8. The number of methoxy groups -OCH3 is 1. The number of hydrogen-bond donors (Lipinski definition) is 1. The van der Waals surface area contributed by atoms with Crippen LogP contribution in [0.1, 0.15) is 60.9 Å². The first-order valence-corrected chi connectivity index (χ1v) is 8.80. The number of fused-ring (bicyclic) bond motifs is 1. The van der Waals surface area contributed by atoms with Crippen molar-refractivity contribution >= 4 is 11.7 Å². The molecule has 2 aliphatic rings. The zero-order valence-corrected chi connectivity index (χ0v) is 14.5. The molecule has 1 unspecified atom stereocenters. The molecule has 1 atom stereocenters. The number of carbonyl (C=O) groups excluding carboxylic acids is 1. The molecule has 0 saturated heterocycles. The van der Waals surface area contributed by atoms with E-state index in [9.17, 15) is 9.18 Å². The number of aromatic nitrogens is 2. The van der Waals surface area contributed by atoms with Crippen molar-refractivity contribution in [1.82, 2.24) is 9.78 Å². The fourth-order valence-corrected chi connectivity index (χ4v) is 4.16. The summed E-state index contributed by atoms with van der Waals surface area (Å²) in [5.41, 5.74) is 2.85. The Bertz CT molecular complexity index is 824. The van der Waals surface area contributed by atoms with Crippen LogP contribution in [0.15, 0.2) is 18.2 Å². The number of rotatable bonds is 3. The normalized spacial score (nSPS) is 20.4. The number of anilines is 1. The van der Waals surface area contributed by atoms with Gasteiger partial charge in [-0.05, 0) is 37.5 Å². The van der Waals surface area contributed by atoms with Crippen molar-refractivity contribution in [3.05, 3.63) is 40.8 Å². The molecule has 1 aromatic carbocycles. The minimum absolute atomic E-state index is 0.0278. The highest BCUT2D eigenvalue weighted by Crippen LogP contribution is 2.43. The Kier molecular flexibility index (Phi) is 3.98. The summed E-state index contributed by atoms with van der Waals surface area (Å²) in [5.74, 6) is 0.457. The largest absolute Gasteiger partial charge is 0.494 e. The average molecular weight is 343 g/mol. The number of nitrogens with zero attached hydrogens (tertiary/aromatic N) is 2. The van der Waals surface area contributed by atoms with Crippen LogP contribution in [0.4, 0.5) is 10.2 Å². The number of halogens is 1. The maximum Gasteiger partial charge on any atom is 0.226 e. The molecule has 25 heavy (non-hydrogen) atoms. The number of carbonyl (C=O) groups is 1. The smallest absolute Gasteiger partial charge is 0.226 e. The SMILES string of the molecule is COc1cc(C2CC(=O)Nc3c2c(C)nn3C2CCCC2)ccc1F. The monoisotopic (exact) mass is 343 g/mol. The third-order valence-corrected chi connectivity index (χ3v) is 5.38. The van der Waals surface area contributed by atoms with Gasteiger partial charge in [0.05, 0.1) is 18.8 Å². The first kappa shape index (κ1) is 16.1. The van der Waals surface area contributed by atoms with E-state index in [1.165, 1.54) is 26.0 Å². The van der Waals surface area contributed by atoms with Gasteiger partial charge >= 0.3 is 0 Å². The second-order valence-electron chi connectivity index (χ2n) is 6.93. The van der Waals surface area contributed by atoms with Gasteiger partial charge in [-0.2, -0.15) is 5.10 Å². The molecule has 1 aliphatic carbocycles. The Labute approximate surface area is 146 Å². The first-order valence-electron chi connectivity index (χ1n) is 8.80. The molecule has 1 aliphatic heterocycles. The van der Waals surface area contributed by atoms with Gasteiger partial charge in [-0.25, -0.2) is 9.07 Å². The van der Waals surface area contributed by atoms with Crippen LogP contribution in [-0.4, -0.2) is 22.8 Å². The van der Waals surface area contributed by atoms with E-state index in [4.69, 9.17) is 9.84 Å². The molecule has 5 nitrogen and oxygen atoms in total. The summed E-state index contributed by atoms with van der Waals surface area (Å²) in [6.07, 6.45) is 4.92. The number of hydrogen-bond acceptors (Lipinski definition) is 3. The lowest BCUT2D eigenvalue weighted by atomic mass is 9.85. The molecule has 1 fully saturated rings. The van der Waals surface area contributed by atoms with Crippen LogP contribution in [0.3, 0.4) is 0 Å². The van der Waals surface area contributed by atoms with Crippen molar-refractivity contribution in [2.75, 3.05) is 12.4 Å².